The van der Waals surface area contributed by atoms with Crippen molar-refractivity contribution in [3.05, 3.63) is 35.9 Å². The van der Waals surface area contributed by atoms with Crippen molar-refractivity contribution in [1.29, 1.82) is 0 Å². The smallest absolute Gasteiger partial charge is 0.245 e. The molecular weight excluding hydrogens is 1300 g/mol. The maximum atomic E-state index is 14.7. The lowest BCUT2D eigenvalue weighted by molar-refractivity contribution is -0.137. The summed E-state index contributed by atoms with van der Waals surface area (Å²) in [5.74, 6) is -11.0. The van der Waals surface area contributed by atoms with Crippen LogP contribution in [0.15, 0.2) is 30.3 Å². The van der Waals surface area contributed by atoms with Crippen LogP contribution in [0.2, 0.25) is 0 Å². The summed E-state index contributed by atoms with van der Waals surface area (Å²) >= 11 is 0. The molecule has 0 bridgehead atoms. The van der Waals surface area contributed by atoms with Gasteiger partial charge in [0, 0.05) is 32.4 Å². The van der Waals surface area contributed by atoms with Gasteiger partial charge in [-0.25, -0.2) is 0 Å². The van der Waals surface area contributed by atoms with E-state index in [1.807, 2.05) is 6.92 Å². The standard InChI is InChI=1S/C67H118N18O15/c1-7-9-10-11-12-17-23-44(75-54(89)24-18-14-19-36-73-53(88)20-8-2)57(90)77-49(29-35-72)63(96)85-56(42(6)87)67(100)81-47(27-33-70)59(92)80-50-30-37-74-66(99)55(41(5)86)84-62(95)48(28-34-71)78-58(91)45(25-31-68)79-64(97)51(38-40(3)4)82-65(98)52(39-43-21-15-13-16-22-43)83-60(93)46(26-32-69)76-61(50)94/h13,15-16,21-22,40-42,44-52,55-56,86-87H,7-12,14,17-20,23-39,68-72H2,1-6H3,(H,73,88)(H,74,99)(H,75,89)(H,76,94)(H,77,90)(H,78,91)(H,79,97)(H,80,92)(H,81,100)(H,82,98)(H,83,93)(H,84,95)(H,85,96)/t41-,42-,44+,45+,46+,47+,48+,49+,50+,51+,52-,55+,56+/m1/s1. The Bertz CT molecular complexity index is 2730. The van der Waals surface area contributed by atoms with Gasteiger partial charge in [-0.2, -0.15) is 0 Å². The molecule has 0 saturated carbocycles. The lowest BCUT2D eigenvalue weighted by atomic mass is 10.00. The van der Waals surface area contributed by atoms with Gasteiger partial charge in [0.05, 0.1) is 12.2 Å². The molecule has 1 aliphatic rings. The molecule has 13 amide bonds. The molecule has 1 aromatic carbocycles. The quantitative estimate of drug-likeness (QED) is 0.0278. The zero-order chi connectivity index (χ0) is 74.7. The number of hydrogen-bond acceptors (Lipinski definition) is 20. The lowest BCUT2D eigenvalue weighted by Gasteiger charge is -2.29. The minimum atomic E-state index is -1.81. The number of carbonyl (C=O) groups is 13. The van der Waals surface area contributed by atoms with Crippen LogP contribution in [0.4, 0.5) is 0 Å². The first-order valence-electron chi connectivity index (χ1n) is 35.5. The van der Waals surface area contributed by atoms with Gasteiger partial charge in [0.15, 0.2) is 0 Å². The summed E-state index contributed by atoms with van der Waals surface area (Å²) < 4.78 is 0. The fourth-order valence-electron chi connectivity index (χ4n) is 10.9. The Morgan fingerprint density at radius 2 is 0.980 bits per heavy atom. The first kappa shape index (κ1) is 88.1. The molecule has 13 atom stereocenters. The summed E-state index contributed by atoms with van der Waals surface area (Å²) in [6, 6.07) is -7.91. The van der Waals surface area contributed by atoms with Crippen LogP contribution in [0, 0.1) is 5.92 Å². The molecule has 1 heterocycles. The molecule has 0 aromatic heterocycles. The third kappa shape index (κ3) is 33.9. The fourth-order valence-corrected chi connectivity index (χ4v) is 10.9. The number of nitrogens with one attached hydrogen (secondary N) is 13. The number of benzene rings is 1. The Morgan fingerprint density at radius 3 is 1.53 bits per heavy atom. The summed E-state index contributed by atoms with van der Waals surface area (Å²) in [4.78, 5) is 182. The normalized spacial score (nSPS) is 21.1. The molecule has 566 valence electrons. The first-order chi connectivity index (χ1) is 47.7. The van der Waals surface area contributed by atoms with Crippen LogP contribution in [0.3, 0.4) is 0 Å². The fraction of sp³-hybridized carbons (Fsp3) is 0.716. The van der Waals surface area contributed by atoms with Crippen LogP contribution in [0.25, 0.3) is 0 Å². The van der Waals surface area contributed by atoms with Gasteiger partial charge in [-0.05, 0) is 129 Å². The molecule has 1 aromatic rings. The van der Waals surface area contributed by atoms with Crippen molar-refractivity contribution < 1.29 is 72.5 Å². The van der Waals surface area contributed by atoms with E-state index >= 15 is 0 Å². The van der Waals surface area contributed by atoms with Gasteiger partial charge in [-0.15, -0.1) is 0 Å². The highest BCUT2D eigenvalue weighted by Crippen LogP contribution is 2.14. The molecule has 1 saturated heterocycles. The molecule has 1 fully saturated rings. The monoisotopic (exact) mass is 1410 g/mol. The van der Waals surface area contributed by atoms with Crippen molar-refractivity contribution in [3.63, 3.8) is 0 Å². The van der Waals surface area contributed by atoms with Crippen LogP contribution < -0.4 is 97.8 Å². The molecule has 0 radical (unpaired) electrons. The highest BCUT2D eigenvalue weighted by molar-refractivity contribution is 5.99. The minimum Gasteiger partial charge on any atom is -0.391 e. The number of hydrogen-bond donors (Lipinski definition) is 20. The van der Waals surface area contributed by atoms with Crippen LogP contribution >= 0.6 is 0 Å². The Hall–Kier alpha value is -7.95. The minimum absolute atomic E-state index is 0.0292. The Labute approximate surface area is 587 Å². The average molecular weight is 1420 g/mol. The Kier molecular flexibility index (Phi) is 43.7. The van der Waals surface area contributed by atoms with Gasteiger partial charge in [0.1, 0.15) is 66.5 Å². The van der Waals surface area contributed by atoms with E-state index < -0.39 is 163 Å². The third-order valence-electron chi connectivity index (χ3n) is 16.6. The molecule has 0 unspecified atom stereocenters. The van der Waals surface area contributed by atoms with Crippen molar-refractivity contribution in [2.45, 2.75) is 255 Å². The van der Waals surface area contributed by atoms with E-state index in [-0.39, 0.29) is 102 Å². The Morgan fingerprint density at radius 1 is 0.490 bits per heavy atom. The highest BCUT2D eigenvalue weighted by Gasteiger charge is 2.38. The number of amides is 13. The van der Waals surface area contributed by atoms with Crippen LogP contribution in [-0.2, 0) is 68.7 Å². The van der Waals surface area contributed by atoms with Gasteiger partial charge >= 0.3 is 0 Å². The molecule has 33 heteroatoms. The summed E-state index contributed by atoms with van der Waals surface area (Å²) in [6.45, 7) is 8.98. The molecule has 1 aliphatic heterocycles. The van der Waals surface area contributed by atoms with Crippen molar-refractivity contribution in [2.75, 3.05) is 45.8 Å². The van der Waals surface area contributed by atoms with E-state index in [1.54, 1.807) is 44.2 Å². The van der Waals surface area contributed by atoms with E-state index in [1.165, 1.54) is 13.8 Å². The van der Waals surface area contributed by atoms with Gasteiger partial charge in [0.2, 0.25) is 76.8 Å². The van der Waals surface area contributed by atoms with Gasteiger partial charge < -0.3 is 108 Å². The van der Waals surface area contributed by atoms with Crippen molar-refractivity contribution in [3.8, 4) is 0 Å². The molecular formula is C67H118N18O15. The number of carbonyl (C=O) groups excluding carboxylic acids is 13. The van der Waals surface area contributed by atoms with E-state index in [0.29, 0.717) is 44.2 Å². The molecule has 2 rings (SSSR count). The summed E-state index contributed by atoms with van der Waals surface area (Å²) in [5.41, 5.74) is 30.2. The summed E-state index contributed by atoms with van der Waals surface area (Å²) in [5, 5.41) is 55.7. The molecule has 100 heavy (non-hydrogen) atoms. The van der Waals surface area contributed by atoms with E-state index in [9.17, 15) is 72.5 Å². The van der Waals surface area contributed by atoms with Crippen LogP contribution in [0.5, 0.6) is 0 Å². The highest BCUT2D eigenvalue weighted by atomic mass is 16.3. The van der Waals surface area contributed by atoms with Gasteiger partial charge in [0.25, 0.3) is 0 Å². The van der Waals surface area contributed by atoms with E-state index in [4.69, 9.17) is 28.7 Å². The number of unbranched alkanes of at least 4 members (excludes halogenated alkanes) is 7. The topological polar surface area (TPSA) is 549 Å². The summed E-state index contributed by atoms with van der Waals surface area (Å²) in [7, 11) is 0. The third-order valence-corrected chi connectivity index (χ3v) is 16.6. The predicted octanol–water partition coefficient (Wildman–Crippen LogP) is -4.14. The van der Waals surface area contributed by atoms with Gasteiger partial charge in [-0.3, -0.25) is 62.3 Å². The van der Waals surface area contributed by atoms with Crippen molar-refractivity contribution in [2.24, 2.45) is 34.6 Å². The first-order valence-corrected chi connectivity index (χ1v) is 35.5. The average Bonchev–Trinajstić information content (AvgIpc) is 0.887. The number of aliphatic hydroxyl groups excluding tert-OH is 2. The van der Waals surface area contributed by atoms with Crippen LogP contribution in [0.1, 0.15) is 176 Å². The lowest BCUT2D eigenvalue weighted by Crippen LogP contribution is -2.62. The second-order valence-electron chi connectivity index (χ2n) is 25.8. The van der Waals surface area contributed by atoms with Gasteiger partial charge in [-0.1, -0.05) is 103 Å². The zero-order valence-electron chi connectivity index (χ0n) is 59.4. The largest absolute Gasteiger partial charge is 0.391 e. The van der Waals surface area contributed by atoms with Crippen molar-refractivity contribution in [1.82, 2.24) is 69.1 Å². The number of aliphatic hydroxyl groups is 2. The van der Waals surface area contributed by atoms with E-state index in [2.05, 4.69) is 76.0 Å². The molecule has 25 N–H and O–H groups in total. The maximum Gasteiger partial charge on any atom is 0.245 e. The van der Waals surface area contributed by atoms with E-state index in [0.717, 1.165) is 38.5 Å². The molecule has 0 spiro atoms. The molecule has 0 aliphatic carbocycles. The predicted molar refractivity (Wildman–Crippen MR) is 375 cm³/mol. The second kappa shape index (κ2) is 49.6. The molecule has 33 nitrogen and oxygen atoms in total. The maximum absolute atomic E-state index is 14.7. The number of rotatable bonds is 40. The second-order valence-corrected chi connectivity index (χ2v) is 25.8. The number of nitrogens with two attached hydrogens (primary N) is 5. The van der Waals surface area contributed by atoms with Crippen LogP contribution in [-0.4, -0.2) is 211 Å². The zero-order valence-corrected chi connectivity index (χ0v) is 59.4. The van der Waals surface area contributed by atoms with Crippen molar-refractivity contribution >= 4 is 76.8 Å². The SMILES string of the molecule is CCCCCCCC[C@H](NC(=O)CCCCCNC(=O)CCC)C(=O)N[C@@H](CCN)C(=O)N[C@H](C(=O)N[C@@H](CCN)C(=O)N[C@H]1CCNC(=O)[C@H]([C@@H](C)O)NC(=O)[C@H](CCN)NC(=O)[C@H](CCN)NC(=O)[C@H](CC(C)C)NC(=O)[C@@H](Cc2ccccc2)NC(=O)[C@H](CCN)NC1=O)[C@@H](C)O. The Balaban J connectivity index is 2.62. The summed E-state index contributed by atoms with van der Waals surface area (Å²) in [6.07, 6.45) is 3.65.